The maximum absolute atomic E-state index is 11.1. The summed E-state index contributed by atoms with van der Waals surface area (Å²) < 4.78 is 6.33. The van der Waals surface area contributed by atoms with Gasteiger partial charge < -0.3 is 9.84 Å². The van der Waals surface area contributed by atoms with Crippen molar-refractivity contribution >= 4 is 5.69 Å². The Morgan fingerprint density at radius 2 is 2.30 bits per heavy atom. The molecular weight excluding hydrogens is 264 g/mol. The lowest BCUT2D eigenvalue weighted by molar-refractivity contribution is -0.384. The lowest BCUT2D eigenvalue weighted by atomic mass is 10.2. The van der Waals surface area contributed by atoms with Gasteiger partial charge in [0.25, 0.3) is 5.69 Å². The molecule has 0 fully saturated rings. The van der Waals surface area contributed by atoms with Crippen molar-refractivity contribution in [3.63, 3.8) is 0 Å². The summed E-state index contributed by atoms with van der Waals surface area (Å²) in [7, 11) is 1.45. The third kappa shape index (κ3) is 2.91. The molecule has 8 nitrogen and oxygen atoms in total. The maximum atomic E-state index is 11.1. The highest BCUT2D eigenvalue weighted by Crippen LogP contribution is 2.27. The number of nitrogens with zero attached hydrogens (tertiary/aromatic N) is 4. The van der Waals surface area contributed by atoms with Crippen LogP contribution >= 0.6 is 0 Å². The first kappa shape index (κ1) is 13.9. The molecule has 8 heteroatoms. The van der Waals surface area contributed by atoms with E-state index in [0.717, 1.165) is 0 Å². The van der Waals surface area contributed by atoms with Crippen LogP contribution in [-0.2, 0) is 6.42 Å². The third-order valence-corrected chi connectivity index (χ3v) is 2.76. The Morgan fingerprint density at radius 1 is 1.50 bits per heavy atom. The molecule has 20 heavy (non-hydrogen) atoms. The number of ether oxygens (including phenoxy) is 1. The SMILES string of the molecule is COc1ccc(-n2cc(CCCO)nn2)c([N+](=O)[O-])c1. The number of nitro groups is 1. The summed E-state index contributed by atoms with van der Waals surface area (Å²) in [5, 5.41) is 27.7. The van der Waals surface area contributed by atoms with E-state index >= 15 is 0 Å². The lowest BCUT2D eigenvalue weighted by Gasteiger charge is -2.04. The standard InChI is InChI=1S/C12H14N4O4/c1-20-10-4-5-11(12(7-10)16(18)19)15-8-9(13-14-15)3-2-6-17/h4-5,7-8,17H,2-3,6H2,1H3. The third-order valence-electron chi connectivity index (χ3n) is 2.76. The molecule has 0 unspecified atom stereocenters. The van der Waals surface area contributed by atoms with Crippen molar-refractivity contribution in [3.05, 3.63) is 40.2 Å². The van der Waals surface area contributed by atoms with Crippen LogP contribution in [0.3, 0.4) is 0 Å². The van der Waals surface area contributed by atoms with E-state index in [2.05, 4.69) is 10.3 Å². The molecule has 0 aliphatic carbocycles. The molecule has 0 amide bonds. The molecule has 106 valence electrons. The zero-order valence-corrected chi connectivity index (χ0v) is 10.9. The Labute approximate surface area is 114 Å². The first-order valence-electron chi connectivity index (χ1n) is 6.00. The van der Waals surface area contributed by atoms with Gasteiger partial charge in [0, 0.05) is 6.61 Å². The summed E-state index contributed by atoms with van der Waals surface area (Å²) in [6.45, 7) is 0.0650. The van der Waals surface area contributed by atoms with Gasteiger partial charge in [-0.15, -0.1) is 5.10 Å². The second kappa shape index (κ2) is 6.11. The number of aliphatic hydroxyl groups excluding tert-OH is 1. The van der Waals surface area contributed by atoms with Crippen LogP contribution in [0.15, 0.2) is 24.4 Å². The van der Waals surface area contributed by atoms with Crippen LogP contribution in [-0.4, -0.2) is 38.7 Å². The molecule has 1 N–H and O–H groups in total. The van der Waals surface area contributed by atoms with Crippen LogP contribution in [0.25, 0.3) is 5.69 Å². The number of hydrogen-bond donors (Lipinski definition) is 1. The molecule has 0 bridgehead atoms. The highest BCUT2D eigenvalue weighted by molar-refractivity contribution is 5.55. The van der Waals surface area contributed by atoms with Gasteiger partial charge >= 0.3 is 0 Å². The number of methoxy groups -OCH3 is 1. The molecule has 1 aromatic carbocycles. The van der Waals surface area contributed by atoms with Gasteiger partial charge in [0.2, 0.25) is 0 Å². The van der Waals surface area contributed by atoms with Gasteiger partial charge in [-0.25, -0.2) is 4.68 Å². The largest absolute Gasteiger partial charge is 0.496 e. The quantitative estimate of drug-likeness (QED) is 0.627. The van der Waals surface area contributed by atoms with E-state index in [9.17, 15) is 10.1 Å². The van der Waals surface area contributed by atoms with Gasteiger partial charge in [-0.3, -0.25) is 10.1 Å². The van der Waals surface area contributed by atoms with E-state index in [1.807, 2.05) is 0 Å². The van der Waals surface area contributed by atoms with Crippen molar-refractivity contribution in [1.82, 2.24) is 15.0 Å². The predicted molar refractivity (Wildman–Crippen MR) is 70.0 cm³/mol. The van der Waals surface area contributed by atoms with Gasteiger partial charge in [0.1, 0.15) is 11.4 Å². The van der Waals surface area contributed by atoms with E-state index in [0.29, 0.717) is 30.0 Å². The normalized spacial score (nSPS) is 10.5. The van der Waals surface area contributed by atoms with Crippen LogP contribution < -0.4 is 4.74 Å². The number of rotatable bonds is 6. The van der Waals surface area contributed by atoms with Gasteiger partial charge in [-0.2, -0.15) is 0 Å². The minimum absolute atomic E-state index is 0.0650. The zero-order chi connectivity index (χ0) is 14.5. The smallest absolute Gasteiger partial charge is 0.298 e. The van der Waals surface area contributed by atoms with Crippen LogP contribution in [0.5, 0.6) is 5.75 Å². The van der Waals surface area contributed by atoms with E-state index < -0.39 is 4.92 Å². The van der Waals surface area contributed by atoms with Gasteiger partial charge in [-0.05, 0) is 25.0 Å². The van der Waals surface area contributed by atoms with E-state index in [-0.39, 0.29) is 12.3 Å². The van der Waals surface area contributed by atoms with Gasteiger partial charge in [-0.1, -0.05) is 5.21 Å². The number of hydrogen-bond acceptors (Lipinski definition) is 6. The minimum Gasteiger partial charge on any atom is -0.496 e. The molecule has 0 saturated heterocycles. The van der Waals surface area contributed by atoms with Crippen molar-refractivity contribution in [3.8, 4) is 11.4 Å². The first-order valence-corrected chi connectivity index (χ1v) is 6.00. The van der Waals surface area contributed by atoms with E-state index in [1.165, 1.54) is 17.9 Å². The summed E-state index contributed by atoms with van der Waals surface area (Å²) in [6, 6.07) is 4.52. The van der Waals surface area contributed by atoms with Crippen LogP contribution in [0.2, 0.25) is 0 Å². The van der Waals surface area contributed by atoms with Crippen LogP contribution in [0.4, 0.5) is 5.69 Å². The molecule has 0 aliphatic heterocycles. The van der Waals surface area contributed by atoms with Gasteiger partial charge in [0.15, 0.2) is 0 Å². The molecule has 2 aromatic rings. The van der Waals surface area contributed by atoms with Crippen LogP contribution in [0.1, 0.15) is 12.1 Å². The Bertz CT molecular complexity index is 611. The van der Waals surface area contributed by atoms with Crippen molar-refractivity contribution in [2.45, 2.75) is 12.8 Å². The second-order valence-corrected chi connectivity index (χ2v) is 4.09. The van der Waals surface area contributed by atoms with Crippen molar-refractivity contribution in [1.29, 1.82) is 0 Å². The van der Waals surface area contributed by atoms with Crippen molar-refractivity contribution < 1.29 is 14.8 Å². The fourth-order valence-corrected chi connectivity index (χ4v) is 1.76. The zero-order valence-electron chi connectivity index (χ0n) is 10.9. The Balaban J connectivity index is 2.36. The molecule has 2 rings (SSSR count). The Kier molecular flexibility index (Phi) is 4.26. The summed E-state index contributed by atoms with van der Waals surface area (Å²) in [5.41, 5.74) is 0.880. The van der Waals surface area contributed by atoms with Crippen LogP contribution in [0, 0.1) is 10.1 Å². The van der Waals surface area contributed by atoms with E-state index in [4.69, 9.17) is 9.84 Å². The number of aliphatic hydroxyl groups is 1. The molecule has 0 atom stereocenters. The monoisotopic (exact) mass is 278 g/mol. The predicted octanol–water partition coefficient (Wildman–Crippen LogP) is 1.11. The summed E-state index contributed by atoms with van der Waals surface area (Å²) in [5.74, 6) is 0.404. The van der Waals surface area contributed by atoms with Gasteiger partial charge in [0.05, 0.1) is 30.0 Å². The average Bonchev–Trinajstić information content (AvgIpc) is 2.93. The number of benzene rings is 1. The highest BCUT2D eigenvalue weighted by Gasteiger charge is 2.18. The molecular formula is C12H14N4O4. The maximum Gasteiger partial charge on any atom is 0.298 e. The second-order valence-electron chi connectivity index (χ2n) is 4.09. The summed E-state index contributed by atoms with van der Waals surface area (Å²) in [4.78, 5) is 10.6. The summed E-state index contributed by atoms with van der Waals surface area (Å²) in [6.07, 6.45) is 2.76. The minimum atomic E-state index is -0.493. The molecule has 0 aliphatic rings. The number of nitro benzene ring substituents is 1. The fraction of sp³-hybridized carbons (Fsp3) is 0.333. The molecule has 1 aromatic heterocycles. The van der Waals surface area contributed by atoms with E-state index in [1.54, 1.807) is 18.3 Å². The molecule has 0 saturated carbocycles. The lowest BCUT2D eigenvalue weighted by Crippen LogP contribution is -2.01. The van der Waals surface area contributed by atoms with Crippen molar-refractivity contribution in [2.24, 2.45) is 0 Å². The molecule has 0 spiro atoms. The Morgan fingerprint density at radius 3 is 2.95 bits per heavy atom. The Hall–Kier alpha value is -2.48. The van der Waals surface area contributed by atoms with Crippen molar-refractivity contribution in [2.75, 3.05) is 13.7 Å². The number of aromatic nitrogens is 3. The average molecular weight is 278 g/mol. The number of aryl methyl sites for hydroxylation is 1. The summed E-state index contributed by atoms with van der Waals surface area (Å²) >= 11 is 0. The fourth-order valence-electron chi connectivity index (χ4n) is 1.76. The first-order chi connectivity index (χ1) is 9.65. The highest BCUT2D eigenvalue weighted by atomic mass is 16.6. The topological polar surface area (TPSA) is 103 Å². The molecule has 0 radical (unpaired) electrons. The molecule has 1 heterocycles.